The van der Waals surface area contributed by atoms with Crippen LogP contribution >= 0.6 is 12.2 Å². The Labute approximate surface area is 176 Å². The molecule has 0 aliphatic carbocycles. The van der Waals surface area contributed by atoms with Crippen molar-refractivity contribution in [1.29, 1.82) is 0 Å². The van der Waals surface area contributed by atoms with Gasteiger partial charge in [0.25, 0.3) is 0 Å². The van der Waals surface area contributed by atoms with Gasteiger partial charge in [0.15, 0.2) is 5.82 Å². The van der Waals surface area contributed by atoms with E-state index in [-0.39, 0.29) is 6.61 Å². The molecule has 0 aliphatic heterocycles. The van der Waals surface area contributed by atoms with E-state index in [0.29, 0.717) is 10.6 Å². The Kier molecular flexibility index (Phi) is 6.82. The lowest BCUT2D eigenvalue weighted by Crippen LogP contribution is -2.21. The van der Waals surface area contributed by atoms with Crippen LogP contribution in [-0.4, -0.2) is 34.2 Å². The fourth-order valence-electron chi connectivity index (χ4n) is 3.19. The van der Waals surface area contributed by atoms with Crippen LogP contribution in [-0.2, 0) is 6.61 Å². The van der Waals surface area contributed by atoms with Gasteiger partial charge in [-0.2, -0.15) is 14.9 Å². The van der Waals surface area contributed by atoms with Gasteiger partial charge in [-0.1, -0.05) is 18.2 Å². The van der Waals surface area contributed by atoms with E-state index in [1.54, 1.807) is 10.9 Å². The molecular weight excluding hydrogens is 382 g/mol. The standard InChI is InChI=1S/C22H27N5OS/c1-5-26(6-2)19-9-7-18(8-10-19)14-23-27-21(24-25-22(27)29)15-28-20-12-16(3)11-17(4)13-20/h7-14H,5-6,15H2,1-4H3,(H,25,29)/b23-14-. The second-order valence-electron chi connectivity index (χ2n) is 6.88. The smallest absolute Gasteiger partial charge is 0.216 e. The predicted octanol–water partition coefficient (Wildman–Crippen LogP) is 4.86. The van der Waals surface area contributed by atoms with Crippen LogP contribution in [0.15, 0.2) is 47.6 Å². The van der Waals surface area contributed by atoms with E-state index in [9.17, 15) is 0 Å². The van der Waals surface area contributed by atoms with Crippen LogP contribution in [0.25, 0.3) is 0 Å². The minimum Gasteiger partial charge on any atom is -0.486 e. The summed E-state index contributed by atoms with van der Waals surface area (Å²) in [4.78, 5) is 2.30. The van der Waals surface area contributed by atoms with Crippen LogP contribution in [0.4, 0.5) is 5.69 Å². The highest BCUT2D eigenvalue weighted by Crippen LogP contribution is 2.18. The second kappa shape index (κ2) is 9.52. The molecule has 0 saturated heterocycles. The predicted molar refractivity (Wildman–Crippen MR) is 121 cm³/mol. The monoisotopic (exact) mass is 409 g/mol. The number of ether oxygens (including phenoxy) is 1. The van der Waals surface area contributed by atoms with Gasteiger partial charge in [-0.25, -0.2) is 5.10 Å². The van der Waals surface area contributed by atoms with E-state index in [1.807, 2.05) is 38.1 Å². The lowest BCUT2D eigenvalue weighted by Gasteiger charge is -2.20. The molecule has 0 unspecified atom stereocenters. The number of benzene rings is 2. The summed E-state index contributed by atoms with van der Waals surface area (Å²) < 4.78 is 7.92. The first-order valence-electron chi connectivity index (χ1n) is 9.77. The fourth-order valence-corrected chi connectivity index (χ4v) is 3.38. The minimum atomic E-state index is 0.272. The van der Waals surface area contributed by atoms with Crippen molar-refractivity contribution in [3.05, 3.63) is 69.8 Å². The summed E-state index contributed by atoms with van der Waals surface area (Å²) in [6, 6.07) is 14.4. The number of anilines is 1. The summed E-state index contributed by atoms with van der Waals surface area (Å²) in [7, 11) is 0. The van der Waals surface area contributed by atoms with Gasteiger partial charge in [0.2, 0.25) is 4.77 Å². The van der Waals surface area contributed by atoms with E-state index in [0.717, 1.165) is 35.5 Å². The molecule has 0 aliphatic rings. The molecule has 6 nitrogen and oxygen atoms in total. The summed E-state index contributed by atoms with van der Waals surface area (Å²) in [5.41, 5.74) is 4.51. The highest BCUT2D eigenvalue weighted by Gasteiger charge is 2.07. The van der Waals surface area contributed by atoms with Gasteiger partial charge in [-0.3, -0.25) is 0 Å². The zero-order valence-electron chi connectivity index (χ0n) is 17.3. The van der Waals surface area contributed by atoms with Gasteiger partial charge in [0.1, 0.15) is 12.4 Å². The van der Waals surface area contributed by atoms with E-state index in [1.165, 1.54) is 5.69 Å². The van der Waals surface area contributed by atoms with Crippen molar-refractivity contribution in [2.45, 2.75) is 34.3 Å². The van der Waals surface area contributed by atoms with Crippen molar-refractivity contribution >= 4 is 24.1 Å². The number of aromatic amines is 1. The summed E-state index contributed by atoms with van der Waals surface area (Å²) in [6.45, 7) is 10.6. The molecule has 1 aromatic heterocycles. The van der Waals surface area contributed by atoms with Gasteiger partial charge in [-0.05, 0) is 80.9 Å². The van der Waals surface area contributed by atoms with Crippen molar-refractivity contribution in [2.24, 2.45) is 5.10 Å². The van der Waals surface area contributed by atoms with Crippen LogP contribution in [0, 0.1) is 18.6 Å². The molecule has 1 heterocycles. The van der Waals surface area contributed by atoms with Crippen molar-refractivity contribution < 1.29 is 4.74 Å². The average Bonchev–Trinajstić information content (AvgIpc) is 3.05. The van der Waals surface area contributed by atoms with Crippen molar-refractivity contribution in [3.63, 3.8) is 0 Å². The Morgan fingerprint density at radius 1 is 1.10 bits per heavy atom. The number of rotatable bonds is 8. The molecule has 152 valence electrons. The molecule has 0 saturated carbocycles. The zero-order chi connectivity index (χ0) is 20.8. The fraction of sp³-hybridized carbons (Fsp3) is 0.318. The minimum absolute atomic E-state index is 0.272. The van der Waals surface area contributed by atoms with Gasteiger partial charge < -0.3 is 9.64 Å². The molecular formula is C22H27N5OS. The Morgan fingerprint density at radius 3 is 2.38 bits per heavy atom. The van der Waals surface area contributed by atoms with Crippen LogP contribution in [0.3, 0.4) is 0 Å². The van der Waals surface area contributed by atoms with Gasteiger partial charge >= 0.3 is 0 Å². The number of hydrogen-bond acceptors (Lipinski definition) is 5. The summed E-state index contributed by atoms with van der Waals surface area (Å²) in [5, 5.41) is 11.5. The quantitative estimate of drug-likeness (QED) is 0.426. The topological polar surface area (TPSA) is 58.4 Å². The molecule has 1 N–H and O–H groups in total. The Hall–Kier alpha value is -2.93. The Morgan fingerprint density at radius 2 is 1.76 bits per heavy atom. The average molecular weight is 410 g/mol. The number of hydrogen-bond donors (Lipinski definition) is 1. The first kappa shape index (κ1) is 20.8. The maximum absolute atomic E-state index is 5.90. The molecule has 0 spiro atoms. The summed E-state index contributed by atoms with van der Waals surface area (Å²) in [6.07, 6.45) is 1.78. The van der Waals surface area contributed by atoms with Gasteiger partial charge in [-0.15, -0.1) is 0 Å². The third-order valence-electron chi connectivity index (χ3n) is 4.62. The molecule has 0 atom stereocenters. The number of aromatic nitrogens is 3. The number of nitrogens with one attached hydrogen (secondary N) is 1. The van der Waals surface area contributed by atoms with E-state index in [4.69, 9.17) is 17.0 Å². The van der Waals surface area contributed by atoms with Crippen molar-refractivity contribution in [3.8, 4) is 5.75 Å². The zero-order valence-corrected chi connectivity index (χ0v) is 18.2. The van der Waals surface area contributed by atoms with Crippen LogP contribution in [0.2, 0.25) is 0 Å². The Balaban J connectivity index is 1.73. The largest absolute Gasteiger partial charge is 0.486 e. The number of aryl methyl sites for hydroxylation is 2. The third-order valence-corrected chi connectivity index (χ3v) is 4.89. The SMILES string of the molecule is CCN(CC)c1ccc(/C=N\n2c(COc3cc(C)cc(C)c3)n[nH]c2=S)cc1. The third kappa shape index (κ3) is 5.32. The molecule has 7 heteroatoms. The molecule has 29 heavy (non-hydrogen) atoms. The number of H-pyrrole nitrogens is 1. The Bertz CT molecular complexity index is 1010. The second-order valence-corrected chi connectivity index (χ2v) is 7.26. The molecule has 0 bridgehead atoms. The molecule has 2 aromatic carbocycles. The highest BCUT2D eigenvalue weighted by molar-refractivity contribution is 7.71. The number of nitrogens with zero attached hydrogens (tertiary/aromatic N) is 4. The lowest BCUT2D eigenvalue weighted by molar-refractivity contribution is 0.290. The van der Waals surface area contributed by atoms with Crippen LogP contribution < -0.4 is 9.64 Å². The van der Waals surface area contributed by atoms with E-state index < -0.39 is 0 Å². The van der Waals surface area contributed by atoms with Crippen molar-refractivity contribution in [1.82, 2.24) is 14.9 Å². The van der Waals surface area contributed by atoms with Gasteiger partial charge in [0.05, 0.1) is 6.21 Å². The van der Waals surface area contributed by atoms with E-state index >= 15 is 0 Å². The molecule has 0 fully saturated rings. The molecule has 0 amide bonds. The maximum atomic E-state index is 5.90. The molecule has 3 rings (SSSR count). The lowest BCUT2D eigenvalue weighted by atomic mass is 10.1. The maximum Gasteiger partial charge on any atom is 0.216 e. The van der Waals surface area contributed by atoms with E-state index in [2.05, 4.69) is 52.2 Å². The van der Waals surface area contributed by atoms with Crippen LogP contribution in [0.5, 0.6) is 5.75 Å². The normalized spacial score (nSPS) is 11.2. The molecule has 3 aromatic rings. The van der Waals surface area contributed by atoms with Gasteiger partial charge in [0, 0.05) is 18.8 Å². The molecule has 0 radical (unpaired) electrons. The highest BCUT2D eigenvalue weighted by atomic mass is 32.1. The summed E-state index contributed by atoms with van der Waals surface area (Å²) in [5.74, 6) is 1.42. The van der Waals surface area contributed by atoms with Crippen molar-refractivity contribution in [2.75, 3.05) is 18.0 Å². The first-order chi connectivity index (χ1) is 14.0. The van der Waals surface area contributed by atoms with Crippen LogP contribution in [0.1, 0.15) is 36.4 Å². The first-order valence-corrected chi connectivity index (χ1v) is 10.2. The summed E-state index contributed by atoms with van der Waals surface area (Å²) >= 11 is 5.32.